The Hall–Kier alpha value is -1.59. The van der Waals surface area contributed by atoms with Crippen LogP contribution in [-0.2, 0) is 14.4 Å². The van der Waals surface area contributed by atoms with Crippen LogP contribution in [0.3, 0.4) is 0 Å². The molecule has 2 amide bonds. The van der Waals surface area contributed by atoms with Gasteiger partial charge in [-0.3, -0.25) is 14.4 Å². The van der Waals surface area contributed by atoms with Crippen LogP contribution in [0.1, 0.15) is 32.1 Å². The van der Waals surface area contributed by atoms with Crippen molar-refractivity contribution in [2.24, 2.45) is 11.8 Å². The van der Waals surface area contributed by atoms with Gasteiger partial charge in [-0.1, -0.05) is 0 Å². The molecule has 2 rings (SSSR count). The number of amides is 2. The molecule has 6 heteroatoms. The van der Waals surface area contributed by atoms with Gasteiger partial charge in [-0.2, -0.15) is 0 Å². The minimum Gasteiger partial charge on any atom is -0.481 e. The molecule has 0 aromatic heterocycles. The summed E-state index contributed by atoms with van der Waals surface area (Å²) >= 11 is 0. The van der Waals surface area contributed by atoms with Gasteiger partial charge in [0, 0.05) is 12.0 Å². The Labute approximate surface area is 105 Å². The molecule has 2 unspecified atom stereocenters. The third-order valence-corrected chi connectivity index (χ3v) is 3.52. The van der Waals surface area contributed by atoms with Crippen molar-refractivity contribution in [3.8, 4) is 0 Å². The van der Waals surface area contributed by atoms with E-state index < -0.39 is 11.9 Å². The van der Waals surface area contributed by atoms with E-state index in [2.05, 4.69) is 10.6 Å². The summed E-state index contributed by atoms with van der Waals surface area (Å²) < 4.78 is 0. The van der Waals surface area contributed by atoms with Gasteiger partial charge >= 0.3 is 5.97 Å². The number of carboxylic acids is 1. The molecule has 0 bridgehead atoms. The summed E-state index contributed by atoms with van der Waals surface area (Å²) in [5.74, 6) is -1.89. The number of nitrogens with one attached hydrogen (secondary N) is 2. The predicted octanol–water partition coefficient (Wildman–Crippen LogP) is -0.118. The molecule has 2 atom stereocenters. The standard InChI is InChI=1S/C12H18N2O4/c15-10(14-9-3-4-9)6-13-11(16)7-1-2-8(5-7)12(17)18/h7-9H,1-6H2,(H,13,16)(H,14,15)(H,17,18). The van der Waals surface area contributed by atoms with Gasteiger partial charge in [0.15, 0.2) is 0 Å². The molecule has 0 aromatic rings. The molecule has 2 aliphatic carbocycles. The van der Waals surface area contributed by atoms with Crippen LogP contribution in [0.2, 0.25) is 0 Å². The van der Waals surface area contributed by atoms with Crippen molar-refractivity contribution in [3.05, 3.63) is 0 Å². The second kappa shape index (κ2) is 5.37. The second-order valence-electron chi connectivity index (χ2n) is 5.10. The van der Waals surface area contributed by atoms with Crippen LogP contribution >= 0.6 is 0 Å². The van der Waals surface area contributed by atoms with Crippen molar-refractivity contribution in [1.29, 1.82) is 0 Å². The highest BCUT2D eigenvalue weighted by Gasteiger charge is 2.34. The van der Waals surface area contributed by atoms with Crippen LogP contribution in [0.25, 0.3) is 0 Å². The molecule has 0 saturated heterocycles. The van der Waals surface area contributed by atoms with E-state index in [1.165, 1.54) is 0 Å². The largest absolute Gasteiger partial charge is 0.481 e. The first-order valence-corrected chi connectivity index (χ1v) is 6.36. The van der Waals surface area contributed by atoms with Crippen molar-refractivity contribution in [1.82, 2.24) is 10.6 Å². The normalized spacial score (nSPS) is 26.7. The van der Waals surface area contributed by atoms with Crippen molar-refractivity contribution in [3.63, 3.8) is 0 Å². The molecule has 3 N–H and O–H groups in total. The van der Waals surface area contributed by atoms with E-state index in [-0.39, 0.29) is 30.3 Å². The Morgan fingerprint density at radius 1 is 1.06 bits per heavy atom. The molecule has 2 fully saturated rings. The summed E-state index contributed by atoms with van der Waals surface area (Å²) in [6.45, 7) is -0.0103. The predicted molar refractivity (Wildman–Crippen MR) is 62.6 cm³/mol. The van der Waals surface area contributed by atoms with Gasteiger partial charge in [0.1, 0.15) is 0 Å². The molecule has 18 heavy (non-hydrogen) atoms. The van der Waals surface area contributed by atoms with Gasteiger partial charge in [0.05, 0.1) is 12.5 Å². The third kappa shape index (κ3) is 3.45. The van der Waals surface area contributed by atoms with Crippen LogP contribution in [0.5, 0.6) is 0 Å². The first kappa shape index (κ1) is 12.9. The van der Waals surface area contributed by atoms with Crippen LogP contribution in [0.15, 0.2) is 0 Å². The first-order chi connectivity index (χ1) is 8.56. The topological polar surface area (TPSA) is 95.5 Å². The Kier molecular flexibility index (Phi) is 3.84. The summed E-state index contributed by atoms with van der Waals surface area (Å²) in [6.07, 6.45) is 3.55. The third-order valence-electron chi connectivity index (χ3n) is 3.52. The zero-order valence-corrected chi connectivity index (χ0v) is 10.1. The van der Waals surface area contributed by atoms with Crippen molar-refractivity contribution >= 4 is 17.8 Å². The van der Waals surface area contributed by atoms with Gasteiger partial charge in [0.2, 0.25) is 11.8 Å². The lowest BCUT2D eigenvalue weighted by Gasteiger charge is -2.10. The molecule has 6 nitrogen and oxygen atoms in total. The smallest absolute Gasteiger partial charge is 0.306 e. The van der Waals surface area contributed by atoms with Crippen LogP contribution in [0.4, 0.5) is 0 Å². The zero-order valence-electron chi connectivity index (χ0n) is 10.1. The highest BCUT2D eigenvalue weighted by molar-refractivity contribution is 5.86. The number of hydrogen-bond donors (Lipinski definition) is 3. The fraction of sp³-hybridized carbons (Fsp3) is 0.750. The number of carboxylic acid groups (broad SMARTS) is 1. The number of aliphatic carboxylic acids is 1. The summed E-state index contributed by atoms with van der Waals surface area (Å²) in [5, 5.41) is 14.2. The van der Waals surface area contributed by atoms with E-state index in [4.69, 9.17) is 5.11 Å². The molecule has 0 spiro atoms. The average molecular weight is 254 g/mol. The lowest BCUT2D eigenvalue weighted by Crippen LogP contribution is -2.40. The van der Waals surface area contributed by atoms with E-state index in [1.54, 1.807) is 0 Å². The van der Waals surface area contributed by atoms with Crippen molar-refractivity contribution in [2.45, 2.75) is 38.1 Å². The van der Waals surface area contributed by atoms with Gasteiger partial charge in [-0.05, 0) is 32.1 Å². The van der Waals surface area contributed by atoms with E-state index in [1.807, 2.05) is 0 Å². The first-order valence-electron chi connectivity index (χ1n) is 6.36. The zero-order chi connectivity index (χ0) is 13.1. The highest BCUT2D eigenvalue weighted by atomic mass is 16.4. The maximum Gasteiger partial charge on any atom is 0.306 e. The summed E-state index contributed by atoms with van der Waals surface area (Å²) in [6, 6.07) is 0.289. The van der Waals surface area contributed by atoms with E-state index >= 15 is 0 Å². The van der Waals surface area contributed by atoms with E-state index in [0.717, 1.165) is 12.8 Å². The van der Waals surface area contributed by atoms with Crippen LogP contribution < -0.4 is 10.6 Å². The fourth-order valence-corrected chi connectivity index (χ4v) is 2.26. The Balaban J connectivity index is 1.68. The molecule has 0 aromatic carbocycles. The minimum absolute atomic E-state index is 0.0103. The second-order valence-corrected chi connectivity index (χ2v) is 5.10. The molecule has 0 heterocycles. The van der Waals surface area contributed by atoms with Crippen molar-refractivity contribution < 1.29 is 19.5 Å². The molecular formula is C12H18N2O4. The van der Waals surface area contributed by atoms with Crippen LogP contribution in [0, 0.1) is 11.8 Å². The Morgan fingerprint density at radius 2 is 1.72 bits per heavy atom. The maximum absolute atomic E-state index is 11.7. The lowest BCUT2D eigenvalue weighted by molar-refractivity contribution is -0.141. The number of hydrogen-bond acceptors (Lipinski definition) is 3. The number of rotatable bonds is 5. The Morgan fingerprint density at radius 3 is 2.28 bits per heavy atom. The summed E-state index contributed by atoms with van der Waals surface area (Å²) in [7, 11) is 0. The molecule has 0 aliphatic heterocycles. The molecule has 2 saturated carbocycles. The number of carbonyl (C=O) groups is 3. The minimum atomic E-state index is -0.836. The Bertz CT molecular complexity index is 365. The summed E-state index contributed by atoms with van der Waals surface area (Å²) in [4.78, 5) is 33.9. The number of carbonyl (C=O) groups excluding carboxylic acids is 2. The van der Waals surface area contributed by atoms with Gasteiger partial charge < -0.3 is 15.7 Å². The van der Waals surface area contributed by atoms with E-state index in [0.29, 0.717) is 19.3 Å². The van der Waals surface area contributed by atoms with E-state index in [9.17, 15) is 14.4 Å². The SMILES string of the molecule is O=C(CNC(=O)C1CCC(C(=O)O)C1)NC1CC1. The van der Waals surface area contributed by atoms with Gasteiger partial charge in [-0.25, -0.2) is 0 Å². The lowest BCUT2D eigenvalue weighted by atomic mass is 10.0. The molecule has 2 aliphatic rings. The summed E-state index contributed by atoms with van der Waals surface area (Å²) in [5.41, 5.74) is 0. The van der Waals surface area contributed by atoms with Crippen molar-refractivity contribution in [2.75, 3.05) is 6.54 Å². The molecule has 0 radical (unpaired) electrons. The van der Waals surface area contributed by atoms with Gasteiger partial charge in [-0.15, -0.1) is 0 Å². The molecular weight excluding hydrogens is 236 g/mol. The quantitative estimate of drug-likeness (QED) is 0.637. The fourth-order valence-electron chi connectivity index (χ4n) is 2.26. The highest BCUT2D eigenvalue weighted by Crippen LogP contribution is 2.31. The maximum atomic E-state index is 11.7. The van der Waals surface area contributed by atoms with Crippen LogP contribution in [-0.4, -0.2) is 35.5 Å². The average Bonchev–Trinajstić information content (AvgIpc) is 2.98. The monoisotopic (exact) mass is 254 g/mol. The molecule has 100 valence electrons. The van der Waals surface area contributed by atoms with Gasteiger partial charge in [0.25, 0.3) is 0 Å².